The molecule has 4 nitrogen and oxygen atoms in total. The van der Waals surface area contributed by atoms with Crippen LogP contribution in [0.4, 0.5) is 45.2 Å². The fourth-order valence-electron chi connectivity index (χ4n) is 5.18. The standard InChI is InChI=1S/C30H32BF9NO3/c1-4-16-41(17-5-2,18-6-3)27-25(30(38,39)40)14-9-15-26(27)44-31(42-23-12-7-10-21(19-23)28(32,33)34)43-24-13-8-11-22(20-24)29(35,36)37/h7-15,19-20H,4-6,16-18H2,1-3H3/q+1. The van der Waals surface area contributed by atoms with Crippen LogP contribution in [0.15, 0.2) is 66.7 Å². The van der Waals surface area contributed by atoms with Gasteiger partial charge in [0.15, 0.2) is 11.4 Å². The highest BCUT2D eigenvalue weighted by Crippen LogP contribution is 2.46. The second-order valence-corrected chi connectivity index (χ2v) is 10.2. The lowest BCUT2D eigenvalue weighted by Gasteiger charge is -2.40. The normalized spacial score (nSPS) is 12.6. The molecule has 0 radical (unpaired) electrons. The molecule has 14 heteroatoms. The van der Waals surface area contributed by atoms with E-state index in [4.69, 9.17) is 14.0 Å². The maximum absolute atomic E-state index is 14.5. The molecule has 0 aliphatic carbocycles. The van der Waals surface area contributed by atoms with Crippen molar-refractivity contribution in [2.75, 3.05) is 19.6 Å². The Kier molecular flexibility index (Phi) is 11.2. The highest BCUT2D eigenvalue weighted by molar-refractivity contribution is 6.39. The summed E-state index contributed by atoms with van der Waals surface area (Å²) in [5.74, 6) is -1.22. The average molecular weight is 636 g/mol. The van der Waals surface area contributed by atoms with Gasteiger partial charge in [0.05, 0.1) is 30.8 Å². The third-order valence-corrected chi connectivity index (χ3v) is 6.74. The summed E-state index contributed by atoms with van der Waals surface area (Å²) in [6, 6.07) is 10.3. The summed E-state index contributed by atoms with van der Waals surface area (Å²) in [6.45, 7) is 6.39. The minimum Gasteiger partial charge on any atom is -0.490 e. The second kappa shape index (κ2) is 14.0. The van der Waals surface area contributed by atoms with E-state index in [9.17, 15) is 39.5 Å². The van der Waals surface area contributed by atoms with E-state index in [0.717, 1.165) is 48.5 Å². The Morgan fingerprint density at radius 1 is 0.568 bits per heavy atom. The number of hydrogen-bond acceptors (Lipinski definition) is 3. The predicted molar refractivity (Wildman–Crippen MR) is 149 cm³/mol. The molecule has 3 aromatic rings. The van der Waals surface area contributed by atoms with E-state index < -0.39 is 54.0 Å². The van der Waals surface area contributed by atoms with Crippen molar-refractivity contribution in [2.24, 2.45) is 0 Å². The molecule has 0 atom stereocenters. The number of nitrogens with zero attached hydrogens (tertiary/aromatic N) is 1. The van der Waals surface area contributed by atoms with Crippen molar-refractivity contribution in [1.29, 1.82) is 0 Å². The number of benzene rings is 3. The lowest BCUT2D eigenvalue weighted by Crippen LogP contribution is -2.52. The smallest absolute Gasteiger partial charge is 0.490 e. The maximum atomic E-state index is 14.5. The highest BCUT2D eigenvalue weighted by Gasteiger charge is 2.46. The Balaban J connectivity index is 2.20. The van der Waals surface area contributed by atoms with Gasteiger partial charge in [0.25, 0.3) is 0 Å². The molecule has 0 fully saturated rings. The molecule has 0 N–H and O–H groups in total. The molecule has 0 aliphatic heterocycles. The Morgan fingerprint density at radius 3 is 1.39 bits per heavy atom. The highest BCUT2D eigenvalue weighted by atomic mass is 19.4. The Bertz CT molecular complexity index is 1300. The fraction of sp³-hybridized carbons (Fsp3) is 0.400. The fourth-order valence-corrected chi connectivity index (χ4v) is 5.18. The van der Waals surface area contributed by atoms with Gasteiger partial charge in [-0.15, -0.1) is 0 Å². The lowest BCUT2D eigenvalue weighted by molar-refractivity contribution is -0.138. The number of quaternary nitrogens is 1. The number of alkyl halides is 9. The number of rotatable bonds is 13. The average Bonchev–Trinajstić information content (AvgIpc) is 2.92. The summed E-state index contributed by atoms with van der Waals surface area (Å²) in [5.41, 5.74) is -3.41. The molecule has 0 heterocycles. The van der Waals surface area contributed by atoms with Crippen LogP contribution < -0.4 is 18.4 Å². The Morgan fingerprint density at radius 2 is 1.00 bits per heavy atom. The van der Waals surface area contributed by atoms with Gasteiger partial charge in [-0.3, -0.25) is 4.48 Å². The van der Waals surface area contributed by atoms with Crippen molar-refractivity contribution >= 4 is 13.0 Å². The third kappa shape index (κ3) is 8.76. The molecule has 240 valence electrons. The van der Waals surface area contributed by atoms with Crippen LogP contribution in [0.25, 0.3) is 0 Å². The van der Waals surface area contributed by atoms with Gasteiger partial charge >= 0.3 is 25.9 Å². The minimum atomic E-state index is -4.81. The van der Waals surface area contributed by atoms with E-state index in [1.807, 2.05) is 20.8 Å². The molecule has 0 aliphatic rings. The number of halogens is 9. The largest absolute Gasteiger partial charge is 0.864 e. The predicted octanol–water partition coefficient (Wildman–Crippen LogP) is 9.80. The molecule has 0 spiro atoms. The Labute approximate surface area is 250 Å². The number of hydrogen-bond donors (Lipinski definition) is 0. The second-order valence-electron chi connectivity index (χ2n) is 10.2. The van der Waals surface area contributed by atoms with Gasteiger partial charge in [0.1, 0.15) is 17.1 Å². The van der Waals surface area contributed by atoms with Crippen LogP contribution in [0.3, 0.4) is 0 Å². The van der Waals surface area contributed by atoms with Crippen molar-refractivity contribution in [3.05, 3.63) is 83.4 Å². The van der Waals surface area contributed by atoms with Crippen molar-refractivity contribution in [3.63, 3.8) is 0 Å². The summed E-state index contributed by atoms with van der Waals surface area (Å²) in [7, 11) is -2.09. The molecular weight excluding hydrogens is 604 g/mol. The summed E-state index contributed by atoms with van der Waals surface area (Å²) >= 11 is 0. The van der Waals surface area contributed by atoms with Gasteiger partial charge in [-0.25, -0.2) is 0 Å². The number of para-hydroxylation sites is 1. The quantitative estimate of drug-likeness (QED) is 0.106. The topological polar surface area (TPSA) is 27.7 Å². The summed E-state index contributed by atoms with van der Waals surface area (Å²) in [6.07, 6.45) is -12.8. The van der Waals surface area contributed by atoms with Crippen molar-refractivity contribution < 1.29 is 53.5 Å². The first kappa shape index (κ1) is 34.9. The van der Waals surface area contributed by atoms with Crippen molar-refractivity contribution in [3.8, 4) is 17.2 Å². The molecule has 0 aromatic heterocycles. The summed E-state index contributed by atoms with van der Waals surface area (Å²) in [4.78, 5) is 0. The molecule has 0 bridgehead atoms. The van der Waals surface area contributed by atoms with Crippen LogP contribution in [0.1, 0.15) is 56.7 Å². The third-order valence-electron chi connectivity index (χ3n) is 6.74. The Hall–Kier alpha value is -3.55. The zero-order chi connectivity index (χ0) is 32.8. The van der Waals surface area contributed by atoms with Crippen LogP contribution in [-0.4, -0.2) is 27.0 Å². The monoisotopic (exact) mass is 636 g/mol. The van der Waals surface area contributed by atoms with E-state index >= 15 is 0 Å². The first-order chi connectivity index (χ1) is 20.5. The zero-order valence-corrected chi connectivity index (χ0v) is 24.2. The molecule has 3 aromatic carbocycles. The van der Waals surface area contributed by atoms with Crippen LogP contribution >= 0.6 is 0 Å². The van der Waals surface area contributed by atoms with E-state index in [0.29, 0.717) is 51.0 Å². The van der Waals surface area contributed by atoms with Crippen LogP contribution in [-0.2, 0) is 18.5 Å². The molecular formula is C30H32BF9NO3+. The van der Waals surface area contributed by atoms with Gasteiger partial charge in [0.2, 0.25) is 0 Å². The summed E-state index contributed by atoms with van der Waals surface area (Å²) < 4.78 is 141. The van der Waals surface area contributed by atoms with E-state index in [1.54, 1.807) is 0 Å². The molecule has 0 amide bonds. The van der Waals surface area contributed by atoms with E-state index in [1.165, 1.54) is 6.07 Å². The molecule has 44 heavy (non-hydrogen) atoms. The lowest BCUT2D eigenvalue weighted by atomic mass is 10.0. The minimum absolute atomic E-state index is 0.131. The van der Waals surface area contributed by atoms with Crippen molar-refractivity contribution in [2.45, 2.75) is 58.6 Å². The summed E-state index contributed by atoms with van der Waals surface area (Å²) in [5, 5.41) is 0. The first-order valence-corrected chi connectivity index (χ1v) is 14.0. The first-order valence-electron chi connectivity index (χ1n) is 14.0. The van der Waals surface area contributed by atoms with Gasteiger partial charge in [-0.05, 0) is 67.8 Å². The molecule has 0 unspecified atom stereocenters. The maximum Gasteiger partial charge on any atom is 0.864 e. The van der Waals surface area contributed by atoms with Gasteiger partial charge in [-0.2, -0.15) is 39.5 Å². The zero-order valence-electron chi connectivity index (χ0n) is 24.2. The van der Waals surface area contributed by atoms with E-state index in [-0.39, 0.29) is 15.9 Å². The molecule has 0 saturated heterocycles. The van der Waals surface area contributed by atoms with Crippen LogP contribution in [0.2, 0.25) is 0 Å². The van der Waals surface area contributed by atoms with Gasteiger partial charge in [0, 0.05) is 0 Å². The van der Waals surface area contributed by atoms with Gasteiger partial charge < -0.3 is 14.0 Å². The molecule has 0 saturated carbocycles. The molecule has 3 rings (SSSR count). The van der Waals surface area contributed by atoms with Crippen LogP contribution in [0, 0.1) is 0 Å². The van der Waals surface area contributed by atoms with Crippen molar-refractivity contribution in [1.82, 2.24) is 4.48 Å². The van der Waals surface area contributed by atoms with Crippen LogP contribution in [0.5, 0.6) is 17.2 Å². The van der Waals surface area contributed by atoms with E-state index in [2.05, 4.69) is 0 Å². The van der Waals surface area contributed by atoms with Gasteiger partial charge in [-0.1, -0.05) is 39.0 Å². The SMILES string of the molecule is CCC[N+](CCC)(CCC)c1c(OB(Oc2cccc(C(F)(F)F)c2)Oc2cccc(C(F)(F)F)c2)cccc1C(F)(F)F.